The minimum absolute atomic E-state index is 0.275. The Morgan fingerprint density at radius 1 is 1.04 bits per heavy atom. The molecule has 0 unspecified atom stereocenters. The summed E-state index contributed by atoms with van der Waals surface area (Å²) in [4.78, 5) is 7.26. The molecule has 0 bridgehead atoms. The minimum atomic E-state index is -3.49. The lowest BCUT2D eigenvalue weighted by Gasteiger charge is -2.12. The monoisotopic (exact) mass is 394 g/mol. The van der Waals surface area contributed by atoms with Crippen molar-refractivity contribution in [3.63, 3.8) is 0 Å². The molecule has 142 valence electrons. The van der Waals surface area contributed by atoms with Crippen molar-refractivity contribution in [2.75, 3.05) is 19.6 Å². The zero-order valence-corrected chi connectivity index (χ0v) is 17.0. The number of benzene rings is 1. The summed E-state index contributed by atoms with van der Waals surface area (Å²) in [5, 5.41) is 6.31. The lowest BCUT2D eigenvalue weighted by Crippen LogP contribution is -2.41. The molecule has 2 aromatic rings. The number of nitrogens with one attached hydrogen (secondary N) is 3. The molecule has 0 spiro atoms. The van der Waals surface area contributed by atoms with Crippen LogP contribution in [0.4, 0.5) is 0 Å². The summed E-state index contributed by atoms with van der Waals surface area (Å²) in [6, 6.07) is 10.9. The number of aliphatic imine (C=N–C) groups is 1. The van der Waals surface area contributed by atoms with Gasteiger partial charge >= 0.3 is 0 Å². The first-order chi connectivity index (χ1) is 12.4. The Morgan fingerprint density at radius 3 is 2.38 bits per heavy atom. The molecule has 2 rings (SSSR count). The van der Waals surface area contributed by atoms with Crippen LogP contribution in [0.25, 0.3) is 0 Å². The van der Waals surface area contributed by atoms with Gasteiger partial charge in [0.1, 0.15) is 0 Å². The molecule has 3 N–H and O–H groups in total. The molecule has 8 heteroatoms. The smallest absolute Gasteiger partial charge is 0.240 e. The van der Waals surface area contributed by atoms with Crippen molar-refractivity contribution < 1.29 is 8.42 Å². The molecule has 1 aromatic heterocycles. The number of guanidine groups is 1. The first-order valence-corrected chi connectivity index (χ1v) is 10.8. The third-order valence-electron chi connectivity index (χ3n) is 3.57. The number of hydrogen-bond donors (Lipinski definition) is 3. The summed E-state index contributed by atoms with van der Waals surface area (Å²) in [7, 11) is -3.49. The van der Waals surface area contributed by atoms with E-state index in [0.717, 1.165) is 12.1 Å². The third-order valence-corrected chi connectivity index (χ3v) is 6.04. The van der Waals surface area contributed by atoms with Crippen molar-refractivity contribution in [2.45, 2.75) is 32.2 Å². The topological polar surface area (TPSA) is 82.6 Å². The molecule has 0 saturated carbocycles. The van der Waals surface area contributed by atoms with Gasteiger partial charge < -0.3 is 10.6 Å². The van der Waals surface area contributed by atoms with E-state index in [2.05, 4.69) is 39.4 Å². The Bertz CT molecular complexity index is 827. The molecule has 0 aliphatic rings. The maximum Gasteiger partial charge on any atom is 0.240 e. The van der Waals surface area contributed by atoms with E-state index in [1.54, 1.807) is 35.6 Å². The molecular formula is C18H26N4O2S2. The highest BCUT2D eigenvalue weighted by Gasteiger charge is 2.12. The van der Waals surface area contributed by atoms with Gasteiger partial charge in [0, 0.05) is 29.4 Å². The molecule has 26 heavy (non-hydrogen) atoms. The van der Waals surface area contributed by atoms with Crippen LogP contribution in [0.15, 0.2) is 46.3 Å². The normalized spacial score (nSPS) is 12.2. The largest absolute Gasteiger partial charge is 0.357 e. The standard InChI is InChI=1S/C18H26N4O2S2/c1-4-19-18(21-13-16-8-7-15(3)25-16)20-11-12-22-26(23,24)17-9-5-14(2)6-10-17/h5-10,22H,4,11-13H2,1-3H3,(H2,19,20,21). The molecule has 6 nitrogen and oxygen atoms in total. The predicted octanol–water partition coefficient (Wildman–Crippen LogP) is 2.40. The Morgan fingerprint density at radius 2 is 1.77 bits per heavy atom. The Labute approximate surface area is 159 Å². The van der Waals surface area contributed by atoms with Crippen LogP contribution >= 0.6 is 11.3 Å². The molecule has 0 fully saturated rings. The average molecular weight is 395 g/mol. The van der Waals surface area contributed by atoms with E-state index in [1.807, 2.05) is 13.8 Å². The van der Waals surface area contributed by atoms with Crippen LogP contribution in [0.2, 0.25) is 0 Å². The first-order valence-electron chi connectivity index (χ1n) is 8.54. The van der Waals surface area contributed by atoms with Gasteiger partial charge in [-0.05, 0) is 45.0 Å². The maximum absolute atomic E-state index is 12.2. The van der Waals surface area contributed by atoms with E-state index < -0.39 is 10.0 Å². The molecule has 0 aliphatic carbocycles. The number of rotatable bonds is 8. The van der Waals surface area contributed by atoms with Crippen molar-refractivity contribution >= 4 is 27.3 Å². The first kappa shape index (κ1) is 20.4. The number of thiophene rings is 1. The van der Waals surface area contributed by atoms with E-state index in [0.29, 0.717) is 19.0 Å². The molecule has 1 heterocycles. The fourth-order valence-electron chi connectivity index (χ4n) is 2.24. The molecule has 1 aromatic carbocycles. The highest BCUT2D eigenvalue weighted by molar-refractivity contribution is 7.89. The van der Waals surface area contributed by atoms with Crippen molar-refractivity contribution in [3.8, 4) is 0 Å². The van der Waals surface area contributed by atoms with Crippen LogP contribution in [0.1, 0.15) is 22.2 Å². The number of hydrogen-bond acceptors (Lipinski definition) is 4. The summed E-state index contributed by atoms with van der Waals surface area (Å²) < 4.78 is 27.1. The Balaban J connectivity index is 1.84. The quantitative estimate of drug-likeness (QED) is 0.365. The van der Waals surface area contributed by atoms with Gasteiger partial charge in [0.2, 0.25) is 10.0 Å². The third kappa shape index (κ3) is 6.44. The van der Waals surface area contributed by atoms with Gasteiger partial charge in [0.25, 0.3) is 0 Å². The van der Waals surface area contributed by atoms with Crippen LogP contribution in [-0.2, 0) is 16.6 Å². The van der Waals surface area contributed by atoms with E-state index >= 15 is 0 Å². The lowest BCUT2D eigenvalue weighted by molar-refractivity contribution is 0.580. The summed E-state index contributed by atoms with van der Waals surface area (Å²) in [6.07, 6.45) is 0. The van der Waals surface area contributed by atoms with Crippen LogP contribution in [-0.4, -0.2) is 34.0 Å². The highest BCUT2D eigenvalue weighted by Crippen LogP contribution is 2.15. The Hall–Kier alpha value is -1.90. The highest BCUT2D eigenvalue weighted by atomic mass is 32.2. The number of sulfonamides is 1. The van der Waals surface area contributed by atoms with E-state index in [-0.39, 0.29) is 11.4 Å². The molecule has 0 atom stereocenters. The van der Waals surface area contributed by atoms with Crippen LogP contribution < -0.4 is 15.4 Å². The van der Waals surface area contributed by atoms with Crippen molar-refractivity contribution in [1.29, 1.82) is 0 Å². The molecular weight excluding hydrogens is 368 g/mol. The second-order valence-electron chi connectivity index (χ2n) is 5.85. The van der Waals surface area contributed by atoms with Gasteiger partial charge in [-0.2, -0.15) is 0 Å². The van der Waals surface area contributed by atoms with Gasteiger partial charge in [-0.3, -0.25) is 0 Å². The predicted molar refractivity (Wildman–Crippen MR) is 108 cm³/mol. The van der Waals surface area contributed by atoms with Crippen molar-refractivity contribution in [3.05, 3.63) is 51.7 Å². The van der Waals surface area contributed by atoms with Crippen LogP contribution in [0.5, 0.6) is 0 Å². The van der Waals surface area contributed by atoms with Gasteiger partial charge in [-0.25, -0.2) is 18.1 Å². The van der Waals surface area contributed by atoms with Crippen LogP contribution in [0.3, 0.4) is 0 Å². The summed E-state index contributed by atoms with van der Waals surface area (Å²) in [6.45, 7) is 8.05. The van der Waals surface area contributed by atoms with Gasteiger partial charge in [0.05, 0.1) is 11.4 Å². The molecule has 0 saturated heterocycles. The Kier molecular flexibility index (Phi) is 7.62. The maximum atomic E-state index is 12.2. The fraction of sp³-hybridized carbons (Fsp3) is 0.389. The molecule has 0 amide bonds. The summed E-state index contributed by atoms with van der Waals surface area (Å²) >= 11 is 1.72. The second-order valence-corrected chi connectivity index (χ2v) is 8.98. The van der Waals surface area contributed by atoms with Crippen molar-refractivity contribution in [1.82, 2.24) is 15.4 Å². The number of nitrogens with zero attached hydrogens (tertiary/aromatic N) is 1. The summed E-state index contributed by atoms with van der Waals surface area (Å²) in [5.41, 5.74) is 1.03. The zero-order chi connectivity index (χ0) is 19.0. The minimum Gasteiger partial charge on any atom is -0.357 e. The number of aryl methyl sites for hydroxylation is 2. The summed E-state index contributed by atoms with van der Waals surface area (Å²) in [5.74, 6) is 0.674. The van der Waals surface area contributed by atoms with Crippen LogP contribution in [0, 0.1) is 13.8 Å². The van der Waals surface area contributed by atoms with E-state index in [1.165, 1.54) is 9.75 Å². The van der Waals surface area contributed by atoms with E-state index in [9.17, 15) is 8.42 Å². The lowest BCUT2D eigenvalue weighted by atomic mass is 10.2. The fourth-order valence-corrected chi connectivity index (χ4v) is 4.08. The zero-order valence-electron chi connectivity index (χ0n) is 15.4. The average Bonchev–Trinajstić information content (AvgIpc) is 3.02. The second kappa shape index (κ2) is 9.70. The SMILES string of the molecule is CCNC(=NCc1ccc(C)s1)NCCNS(=O)(=O)c1ccc(C)cc1. The molecule has 0 radical (unpaired) electrons. The molecule has 0 aliphatic heterocycles. The van der Waals surface area contributed by atoms with Gasteiger partial charge in [0.15, 0.2) is 5.96 Å². The van der Waals surface area contributed by atoms with Gasteiger partial charge in [-0.1, -0.05) is 17.7 Å². The van der Waals surface area contributed by atoms with Gasteiger partial charge in [-0.15, -0.1) is 11.3 Å². The van der Waals surface area contributed by atoms with Crippen molar-refractivity contribution in [2.24, 2.45) is 4.99 Å². The van der Waals surface area contributed by atoms with E-state index in [4.69, 9.17) is 0 Å².